The first-order valence-corrected chi connectivity index (χ1v) is 8.20. The van der Waals surface area contributed by atoms with Gasteiger partial charge in [0.1, 0.15) is 0 Å². The lowest BCUT2D eigenvalue weighted by Crippen LogP contribution is -2.38. The summed E-state index contributed by atoms with van der Waals surface area (Å²) in [5.74, 6) is 0.308. The Labute approximate surface area is 140 Å². The number of nitrogens with one attached hydrogen (secondary N) is 2. The van der Waals surface area contributed by atoms with Crippen LogP contribution in [0.5, 0.6) is 0 Å². The summed E-state index contributed by atoms with van der Waals surface area (Å²) in [7, 11) is 3.16. The first kappa shape index (κ1) is 16.3. The highest BCUT2D eigenvalue weighted by atomic mass is 16.5. The van der Waals surface area contributed by atoms with Crippen molar-refractivity contribution < 1.29 is 14.3 Å². The number of benzene rings is 1. The average molecular weight is 330 g/mol. The molecule has 0 unspecified atom stereocenters. The lowest BCUT2D eigenvalue weighted by molar-refractivity contribution is 0.0696. The molecule has 1 aromatic heterocycles. The molecule has 24 heavy (non-hydrogen) atoms. The summed E-state index contributed by atoms with van der Waals surface area (Å²) in [6.07, 6.45) is 5.18. The lowest BCUT2D eigenvalue weighted by Gasteiger charge is -2.31. The SMILES string of the molecule is COC(=O)Nc1nc2ccc(C(=O)N(C)C3CCCCC3)cc2[nH]1. The van der Waals surface area contributed by atoms with Gasteiger partial charge in [-0.25, -0.2) is 9.78 Å². The molecule has 7 nitrogen and oxygen atoms in total. The predicted octanol–water partition coefficient (Wildman–Crippen LogP) is 3.15. The van der Waals surface area contributed by atoms with E-state index in [2.05, 4.69) is 20.0 Å². The molecule has 3 rings (SSSR count). The number of anilines is 1. The minimum absolute atomic E-state index is 0.0147. The molecule has 1 heterocycles. The van der Waals surface area contributed by atoms with Crippen LogP contribution in [0.25, 0.3) is 11.0 Å². The Balaban J connectivity index is 1.79. The smallest absolute Gasteiger partial charge is 0.413 e. The third-order valence-corrected chi connectivity index (χ3v) is 4.58. The molecule has 0 spiro atoms. The van der Waals surface area contributed by atoms with Crippen LogP contribution in [-0.2, 0) is 4.74 Å². The van der Waals surface area contributed by atoms with Gasteiger partial charge in [0.05, 0.1) is 18.1 Å². The number of aromatic nitrogens is 2. The standard InChI is InChI=1S/C17H22N4O3/c1-21(12-6-4-3-5-7-12)15(22)11-8-9-13-14(10-11)19-16(18-13)20-17(23)24-2/h8-10,12H,3-7H2,1-2H3,(H2,18,19,20,23). The molecule has 128 valence electrons. The van der Waals surface area contributed by atoms with Gasteiger partial charge in [0.15, 0.2) is 0 Å². The highest BCUT2D eigenvalue weighted by molar-refractivity contribution is 5.98. The number of rotatable bonds is 3. The molecule has 2 aromatic rings. The second-order valence-electron chi connectivity index (χ2n) is 6.14. The maximum atomic E-state index is 12.7. The fourth-order valence-electron chi connectivity index (χ4n) is 3.19. The lowest BCUT2D eigenvalue weighted by atomic mass is 9.94. The van der Waals surface area contributed by atoms with E-state index in [9.17, 15) is 9.59 Å². The Kier molecular flexibility index (Phi) is 4.69. The van der Waals surface area contributed by atoms with Gasteiger partial charge in [0.2, 0.25) is 5.95 Å². The van der Waals surface area contributed by atoms with E-state index < -0.39 is 6.09 Å². The van der Waals surface area contributed by atoms with Crippen molar-refractivity contribution in [2.75, 3.05) is 19.5 Å². The molecular weight excluding hydrogens is 308 g/mol. The maximum Gasteiger partial charge on any atom is 0.413 e. The second-order valence-corrected chi connectivity index (χ2v) is 6.14. The monoisotopic (exact) mass is 330 g/mol. The number of methoxy groups -OCH3 is 1. The molecule has 2 amide bonds. The second kappa shape index (κ2) is 6.90. The number of ether oxygens (including phenoxy) is 1. The molecular formula is C17H22N4O3. The number of carbonyl (C=O) groups is 2. The number of imidazole rings is 1. The van der Waals surface area contributed by atoms with Crippen molar-refractivity contribution in [3.63, 3.8) is 0 Å². The number of hydrogen-bond acceptors (Lipinski definition) is 4. The van der Waals surface area contributed by atoms with E-state index in [0.29, 0.717) is 28.6 Å². The van der Waals surface area contributed by atoms with Crippen molar-refractivity contribution in [2.45, 2.75) is 38.1 Å². The summed E-state index contributed by atoms with van der Waals surface area (Å²) in [4.78, 5) is 33.0. The first-order valence-electron chi connectivity index (χ1n) is 8.20. The van der Waals surface area contributed by atoms with E-state index in [1.54, 1.807) is 18.2 Å². The van der Waals surface area contributed by atoms with Crippen molar-refractivity contribution in [3.05, 3.63) is 23.8 Å². The zero-order valence-corrected chi connectivity index (χ0v) is 14.0. The molecule has 1 aliphatic rings. The van der Waals surface area contributed by atoms with Gasteiger partial charge in [-0.15, -0.1) is 0 Å². The quantitative estimate of drug-likeness (QED) is 0.905. The van der Waals surface area contributed by atoms with Crippen LogP contribution in [0.4, 0.5) is 10.7 Å². The molecule has 7 heteroatoms. The maximum absolute atomic E-state index is 12.7. The Morgan fingerprint density at radius 1 is 1.29 bits per heavy atom. The highest BCUT2D eigenvalue weighted by Gasteiger charge is 2.23. The van der Waals surface area contributed by atoms with Crippen molar-refractivity contribution in [2.24, 2.45) is 0 Å². The summed E-state index contributed by atoms with van der Waals surface area (Å²) in [5, 5.41) is 2.48. The molecule has 0 bridgehead atoms. The van der Waals surface area contributed by atoms with E-state index in [-0.39, 0.29) is 5.91 Å². The minimum Gasteiger partial charge on any atom is -0.453 e. The summed E-state index contributed by atoms with van der Waals surface area (Å²) < 4.78 is 4.54. The summed E-state index contributed by atoms with van der Waals surface area (Å²) in [6, 6.07) is 5.63. The average Bonchev–Trinajstić information content (AvgIpc) is 3.02. The summed E-state index contributed by atoms with van der Waals surface area (Å²) in [6.45, 7) is 0. The zero-order chi connectivity index (χ0) is 17.1. The number of aromatic amines is 1. The van der Waals surface area contributed by atoms with Crippen LogP contribution in [0.1, 0.15) is 42.5 Å². The fourth-order valence-corrected chi connectivity index (χ4v) is 3.19. The van der Waals surface area contributed by atoms with Gasteiger partial charge in [-0.2, -0.15) is 0 Å². The van der Waals surface area contributed by atoms with Gasteiger partial charge >= 0.3 is 6.09 Å². The number of H-pyrrole nitrogens is 1. The topological polar surface area (TPSA) is 87.3 Å². The van der Waals surface area contributed by atoms with Crippen LogP contribution in [0.2, 0.25) is 0 Å². The Bertz CT molecular complexity index is 749. The molecule has 2 N–H and O–H groups in total. The summed E-state index contributed by atoms with van der Waals surface area (Å²) in [5.41, 5.74) is 1.99. The van der Waals surface area contributed by atoms with Crippen LogP contribution >= 0.6 is 0 Å². The van der Waals surface area contributed by atoms with Crippen LogP contribution in [0.3, 0.4) is 0 Å². The summed E-state index contributed by atoms with van der Waals surface area (Å²) >= 11 is 0. The van der Waals surface area contributed by atoms with Gasteiger partial charge in [0, 0.05) is 18.7 Å². The van der Waals surface area contributed by atoms with Crippen LogP contribution in [0.15, 0.2) is 18.2 Å². The number of fused-ring (bicyclic) bond motifs is 1. The molecule has 1 fully saturated rings. The molecule has 0 atom stereocenters. The fraction of sp³-hybridized carbons (Fsp3) is 0.471. The predicted molar refractivity (Wildman–Crippen MR) is 91.1 cm³/mol. The van der Waals surface area contributed by atoms with Gasteiger partial charge < -0.3 is 14.6 Å². The van der Waals surface area contributed by atoms with E-state index >= 15 is 0 Å². The number of nitrogens with zero attached hydrogens (tertiary/aromatic N) is 2. The zero-order valence-electron chi connectivity index (χ0n) is 14.0. The van der Waals surface area contributed by atoms with Crippen molar-refractivity contribution >= 4 is 29.0 Å². The largest absolute Gasteiger partial charge is 0.453 e. The molecule has 0 aliphatic heterocycles. The van der Waals surface area contributed by atoms with Crippen molar-refractivity contribution in [1.82, 2.24) is 14.9 Å². The Morgan fingerprint density at radius 2 is 2.04 bits per heavy atom. The molecule has 0 radical (unpaired) electrons. The minimum atomic E-state index is -0.595. The van der Waals surface area contributed by atoms with Gasteiger partial charge in [-0.1, -0.05) is 19.3 Å². The third-order valence-electron chi connectivity index (χ3n) is 4.58. The number of amides is 2. The van der Waals surface area contributed by atoms with Gasteiger partial charge in [0.25, 0.3) is 5.91 Å². The first-order chi connectivity index (χ1) is 11.6. The number of hydrogen-bond donors (Lipinski definition) is 2. The van der Waals surface area contributed by atoms with E-state index in [4.69, 9.17) is 0 Å². The van der Waals surface area contributed by atoms with Gasteiger partial charge in [-0.3, -0.25) is 10.1 Å². The molecule has 1 saturated carbocycles. The molecule has 1 aromatic carbocycles. The Hall–Kier alpha value is -2.57. The van der Waals surface area contributed by atoms with E-state index in [0.717, 1.165) is 12.8 Å². The normalized spacial score (nSPS) is 15.2. The van der Waals surface area contributed by atoms with E-state index in [1.165, 1.54) is 26.4 Å². The molecule has 0 saturated heterocycles. The van der Waals surface area contributed by atoms with Gasteiger partial charge in [-0.05, 0) is 31.0 Å². The molecule has 1 aliphatic carbocycles. The number of carbonyl (C=O) groups excluding carboxylic acids is 2. The van der Waals surface area contributed by atoms with Crippen LogP contribution in [0, 0.1) is 0 Å². The van der Waals surface area contributed by atoms with Crippen LogP contribution in [-0.4, -0.2) is 47.1 Å². The van der Waals surface area contributed by atoms with Crippen molar-refractivity contribution in [1.29, 1.82) is 0 Å². The van der Waals surface area contributed by atoms with Crippen molar-refractivity contribution in [3.8, 4) is 0 Å². The Morgan fingerprint density at radius 3 is 2.75 bits per heavy atom. The van der Waals surface area contributed by atoms with E-state index in [1.807, 2.05) is 11.9 Å². The highest BCUT2D eigenvalue weighted by Crippen LogP contribution is 2.24. The van der Waals surface area contributed by atoms with Crippen LogP contribution < -0.4 is 5.32 Å². The third kappa shape index (κ3) is 3.34.